The number of rotatable bonds is 12. The molecule has 0 aromatic carbocycles. The van der Waals surface area contributed by atoms with Crippen LogP contribution < -0.4 is 22.0 Å². The lowest BCUT2D eigenvalue weighted by Crippen LogP contribution is -2.57. The van der Waals surface area contributed by atoms with E-state index >= 15 is 0 Å². The van der Waals surface area contributed by atoms with Gasteiger partial charge in [-0.2, -0.15) is 11.4 Å². The molecule has 1 aliphatic rings. The first-order valence-electron chi connectivity index (χ1n) is 10.4. The van der Waals surface area contributed by atoms with E-state index in [4.69, 9.17) is 5.90 Å². The number of hydrogen-bond donors (Lipinski definition) is 4. The van der Waals surface area contributed by atoms with Crippen molar-refractivity contribution in [1.29, 1.82) is 0 Å². The van der Waals surface area contributed by atoms with E-state index in [-0.39, 0.29) is 42.5 Å². The molecule has 0 spiro atoms. The number of hydroxylamine groups is 1. The molecule has 1 rings (SSSR count). The number of piperidine rings is 1. The average Bonchev–Trinajstić information content (AvgIpc) is 2.60. The van der Waals surface area contributed by atoms with Crippen molar-refractivity contribution in [1.82, 2.24) is 21.0 Å². The second-order valence-corrected chi connectivity index (χ2v) is 9.26. The number of unbranched alkanes of at least 4 members (excludes halogenated alkanes) is 1. The Kier molecular flexibility index (Phi) is 9.86. The van der Waals surface area contributed by atoms with E-state index in [1.165, 1.54) is 4.90 Å². The molecule has 0 saturated carbocycles. The highest BCUT2D eigenvalue weighted by atomic mass is 16.8. The topological polar surface area (TPSA) is 143 Å². The van der Waals surface area contributed by atoms with Crippen molar-refractivity contribution in [2.45, 2.75) is 72.3 Å². The molecule has 172 valence electrons. The lowest BCUT2D eigenvalue weighted by molar-refractivity contribution is -0.158. The van der Waals surface area contributed by atoms with Crippen LogP contribution in [0, 0.1) is 11.3 Å². The van der Waals surface area contributed by atoms with Crippen molar-refractivity contribution >= 4 is 23.6 Å². The summed E-state index contributed by atoms with van der Waals surface area (Å²) in [5.41, 5.74) is 0.825. The summed E-state index contributed by atoms with van der Waals surface area (Å²) in [6.07, 6.45) is 2.47. The van der Waals surface area contributed by atoms with E-state index in [1.54, 1.807) is 27.7 Å². The van der Waals surface area contributed by atoms with Crippen molar-refractivity contribution in [2.75, 3.05) is 19.6 Å². The first kappa shape index (κ1) is 26.0. The summed E-state index contributed by atoms with van der Waals surface area (Å²) in [4.78, 5) is 55.0. The fraction of sp³-hybridized carbons (Fsp3) is 0.800. The second-order valence-electron chi connectivity index (χ2n) is 9.26. The standard InChI is InChI=1S/C20H37N5O5/c1-14-10-16(27)25(17(28)11-14)20(4,5)13-19(2,3)18(29)23-12-15(26)22-8-6-7-9-24-30-21/h14,24H,6-13,21H2,1-5H3,(H,22,26)(H,23,29). The SMILES string of the molecule is CC1CC(=O)N(C(C)(C)CC(C)(C)C(=O)NCC(=O)NCCCCNON)C(=O)C1. The quantitative estimate of drug-likeness (QED) is 0.200. The molecule has 0 unspecified atom stereocenters. The number of nitrogens with one attached hydrogen (secondary N) is 3. The molecule has 10 nitrogen and oxygen atoms in total. The summed E-state index contributed by atoms with van der Waals surface area (Å²) in [6, 6.07) is 0. The third kappa shape index (κ3) is 8.00. The van der Waals surface area contributed by atoms with Crippen LogP contribution in [-0.2, 0) is 24.1 Å². The van der Waals surface area contributed by atoms with E-state index < -0.39 is 11.0 Å². The highest BCUT2D eigenvalue weighted by Crippen LogP contribution is 2.35. The maximum absolute atomic E-state index is 12.7. The van der Waals surface area contributed by atoms with E-state index in [2.05, 4.69) is 21.1 Å². The number of likely N-dealkylation sites (tertiary alicyclic amines) is 1. The third-order valence-corrected chi connectivity index (χ3v) is 5.16. The van der Waals surface area contributed by atoms with Gasteiger partial charge in [-0.05, 0) is 39.0 Å². The maximum Gasteiger partial charge on any atom is 0.239 e. The zero-order valence-corrected chi connectivity index (χ0v) is 18.8. The Labute approximate surface area is 178 Å². The van der Waals surface area contributed by atoms with Gasteiger partial charge in [-0.15, -0.1) is 0 Å². The fourth-order valence-electron chi connectivity index (χ4n) is 3.98. The Morgan fingerprint density at radius 2 is 1.63 bits per heavy atom. The molecular weight excluding hydrogens is 390 g/mol. The third-order valence-electron chi connectivity index (χ3n) is 5.16. The lowest BCUT2D eigenvalue weighted by atomic mass is 9.77. The zero-order chi connectivity index (χ0) is 22.9. The van der Waals surface area contributed by atoms with Gasteiger partial charge in [0.15, 0.2) is 0 Å². The van der Waals surface area contributed by atoms with E-state index in [0.717, 1.165) is 12.8 Å². The molecule has 0 aromatic heterocycles. The molecule has 10 heteroatoms. The summed E-state index contributed by atoms with van der Waals surface area (Å²) < 4.78 is 0. The number of nitrogens with zero attached hydrogens (tertiary/aromatic N) is 1. The van der Waals surface area contributed by atoms with Gasteiger partial charge in [0.2, 0.25) is 23.6 Å². The molecule has 30 heavy (non-hydrogen) atoms. The van der Waals surface area contributed by atoms with Crippen molar-refractivity contribution in [2.24, 2.45) is 17.2 Å². The molecule has 1 saturated heterocycles. The van der Waals surface area contributed by atoms with Gasteiger partial charge >= 0.3 is 0 Å². The molecule has 1 aliphatic heterocycles. The predicted octanol–water partition coefficient (Wildman–Crippen LogP) is 0.374. The van der Waals surface area contributed by atoms with E-state index in [9.17, 15) is 19.2 Å². The van der Waals surface area contributed by atoms with Crippen LogP contribution in [0.1, 0.15) is 66.7 Å². The minimum Gasteiger partial charge on any atom is -0.355 e. The number of amides is 4. The molecular formula is C20H37N5O5. The zero-order valence-electron chi connectivity index (χ0n) is 18.8. The number of carbonyl (C=O) groups is 4. The highest BCUT2D eigenvalue weighted by Gasteiger charge is 2.44. The normalized spacial score (nSPS) is 16.0. The number of hydrogen-bond acceptors (Lipinski definition) is 7. The minimum atomic E-state index is -0.874. The Hall–Kier alpha value is -2.04. The smallest absolute Gasteiger partial charge is 0.239 e. The first-order chi connectivity index (χ1) is 13.9. The average molecular weight is 428 g/mol. The van der Waals surface area contributed by atoms with Crippen LogP contribution >= 0.6 is 0 Å². The molecule has 1 heterocycles. The number of carbonyl (C=O) groups excluding carboxylic acids is 4. The van der Waals surface area contributed by atoms with Crippen LogP contribution in [0.15, 0.2) is 0 Å². The van der Waals surface area contributed by atoms with Gasteiger partial charge in [0, 0.05) is 36.9 Å². The fourth-order valence-corrected chi connectivity index (χ4v) is 3.98. The Morgan fingerprint density at radius 3 is 2.20 bits per heavy atom. The highest BCUT2D eigenvalue weighted by molar-refractivity contribution is 5.99. The largest absolute Gasteiger partial charge is 0.355 e. The van der Waals surface area contributed by atoms with Gasteiger partial charge in [-0.25, -0.2) is 4.94 Å². The molecule has 0 aliphatic carbocycles. The molecule has 0 bridgehead atoms. The van der Waals surface area contributed by atoms with Gasteiger partial charge in [0.1, 0.15) is 0 Å². The summed E-state index contributed by atoms with van der Waals surface area (Å²) in [5, 5.41) is 5.38. The molecule has 0 atom stereocenters. The summed E-state index contributed by atoms with van der Waals surface area (Å²) in [6.45, 7) is 9.89. The second kappa shape index (κ2) is 11.4. The minimum absolute atomic E-state index is 0.0390. The van der Waals surface area contributed by atoms with Gasteiger partial charge < -0.3 is 10.6 Å². The predicted molar refractivity (Wildman–Crippen MR) is 111 cm³/mol. The van der Waals surface area contributed by atoms with Gasteiger partial charge in [-0.3, -0.25) is 24.1 Å². The maximum atomic E-state index is 12.7. The molecule has 1 fully saturated rings. The van der Waals surface area contributed by atoms with Crippen molar-refractivity contribution in [3.8, 4) is 0 Å². The van der Waals surface area contributed by atoms with Crippen LogP contribution in [0.25, 0.3) is 0 Å². The van der Waals surface area contributed by atoms with Crippen LogP contribution in [0.3, 0.4) is 0 Å². The van der Waals surface area contributed by atoms with Crippen molar-refractivity contribution in [3.05, 3.63) is 0 Å². The summed E-state index contributed by atoms with van der Waals surface area (Å²) >= 11 is 0. The molecule has 0 radical (unpaired) electrons. The molecule has 5 N–H and O–H groups in total. The first-order valence-corrected chi connectivity index (χ1v) is 10.4. The van der Waals surface area contributed by atoms with Gasteiger partial charge in [-0.1, -0.05) is 20.8 Å². The number of nitrogens with two attached hydrogens (primary N) is 1. The van der Waals surface area contributed by atoms with Crippen molar-refractivity contribution < 1.29 is 24.1 Å². The van der Waals surface area contributed by atoms with Crippen LogP contribution in [0.2, 0.25) is 0 Å². The van der Waals surface area contributed by atoms with Gasteiger partial charge in [0.05, 0.1) is 6.54 Å². The van der Waals surface area contributed by atoms with Crippen LogP contribution in [-0.4, -0.2) is 53.7 Å². The van der Waals surface area contributed by atoms with E-state index in [1.807, 2.05) is 6.92 Å². The van der Waals surface area contributed by atoms with Crippen molar-refractivity contribution in [3.63, 3.8) is 0 Å². The monoisotopic (exact) mass is 427 g/mol. The van der Waals surface area contributed by atoms with E-state index in [0.29, 0.717) is 25.9 Å². The van der Waals surface area contributed by atoms with Crippen LogP contribution in [0.5, 0.6) is 0 Å². The van der Waals surface area contributed by atoms with Crippen LogP contribution in [0.4, 0.5) is 0 Å². The number of imide groups is 1. The molecule has 0 aromatic rings. The Bertz CT molecular complexity index is 617. The molecule has 4 amide bonds. The Morgan fingerprint density at radius 1 is 1.07 bits per heavy atom. The summed E-state index contributed by atoms with van der Waals surface area (Å²) in [7, 11) is 0. The lowest BCUT2D eigenvalue weighted by Gasteiger charge is -2.44. The Balaban J connectivity index is 2.52. The van der Waals surface area contributed by atoms with Gasteiger partial charge in [0.25, 0.3) is 0 Å². The summed E-state index contributed by atoms with van der Waals surface area (Å²) in [5.74, 6) is 3.89.